The van der Waals surface area contributed by atoms with Crippen molar-refractivity contribution in [3.8, 4) is 0 Å². The zero-order chi connectivity index (χ0) is 14.3. The Morgan fingerprint density at radius 3 is 2.50 bits per heavy atom. The van der Waals surface area contributed by atoms with Crippen molar-refractivity contribution in [1.82, 2.24) is 10.0 Å². The fraction of sp³-hybridized carbons (Fsp3) is 0.455. The molecule has 9 heteroatoms. The molecule has 5 nitrogen and oxygen atoms in total. The van der Waals surface area contributed by atoms with Crippen molar-refractivity contribution in [3.63, 3.8) is 0 Å². The van der Waals surface area contributed by atoms with Gasteiger partial charge in [-0.3, -0.25) is 0 Å². The average molecular weight is 331 g/mol. The molecule has 20 heavy (non-hydrogen) atoms. The third kappa shape index (κ3) is 6.10. The Bertz CT molecular complexity index is 514. The first-order valence-electron chi connectivity index (χ1n) is 5.62. The van der Waals surface area contributed by atoms with Crippen LogP contribution in [0.25, 0.3) is 0 Å². The molecule has 0 amide bonds. The predicted octanol–water partition coefficient (Wildman–Crippen LogP) is 0.901. The van der Waals surface area contributed by atoms with E-state index in [1.807, 2.05) is 0 Å². The van der Waals surface area contributed by atoms with Crippen molar-refractivity contribution in [2.75, 3.05) is 33.4 Å². The van der Waals surface area contributed by atoms with E-state index in [1.165, 1.54) is 0 Å². The van der Waals surface area contributed by atoms with Gasteiger partial charge in [0.25, 0.3) is 0 Å². The molecule has 1 aromatic rings. The third-order valence-electron chi connectivity index (χ3n) is 2.26. The summed E-state index contributed by atoms with van der Waals surface area (Å²) in [7, 11) is -2.41. The molecule has 0 heterocycles. The standard InChI is InChI=1S/C11H16F2N2O3S.ClH/c1-18-7-6-14-4-5-15-19(16,17)11-3-2-9(12)8-10(11)13;/h2-3,8,14-15H,4-7H2,1H3;1H. The SMILES string of the molecule is COCCNCCNS(=O)(=O)c1ccc(F)cc1F.Cl. The van der Waals surface area contributed by atoms with E-state index in [-0.39, 0.29) is 19.0 Å². The van der Waals surface area contributed by atoms with Crippen molar-refractivity contribution in [2.45, 2.75) is 4.90 Å². The van der Waals surface area contributed by atoms with Gasteiger partial charge in [0, 0.05) is 32.8 Å². The predicted molar refractivity (Wildman–Crippen MR) is 73.5 cm³/mol. The van der Waals surface area contributed by atoms with Crippen LogP contribution >= 0.6 is 12.4 Å². The Hall–Kier alpha value is -0.800. The molecule has 0 aliphatic carbocycles. The maximum Gasteiger partial charge on any atom is 0.243 e. The fourth-order valence-electron chi connectivity index (χ4n) is 1.34. The highest BCUT2D eigenvalue weighted by Crippen LogP contribution is 2.14. The molecule has 0 fully saturated rings. The Labute approximate surface area is 123 Å². The van der Waals surface area contributed by atoms with E-state index in [4.69, 9.17) is 4.74 Å². The molecule has 0 saturated carbocycles. The number of ether oxygens (including phenoxy) is 1. The zero-order valence-electron chi connectivity index (χ0n) is 10.9. The Morgan fingerprint density at radius 1 is 1.20 bits per heavy atom. The number of sulfonamides is 1. The van der Waals surface area contributed by atoms with Crippen LogP contribution < -0.4 is 10.0 Å². The van der Waals surface area contributed by atoms with E-state index < -0.39 is 26.6 Å². The van der Waals surface area contributed by atoms with Gasteiger partial charge in [-0.1, -0.05) is 0 Å². The number of hydrogen-bond acceptors (Lipinski definition) is 4. The second kappa shape index (κ2) is 9.19. The second-order valence-electron chi connectivity index (χ2n) is 3.72. The molecule has 1 rings (SSSR count). The summed E-state index contributed by atoms with van der Waals surface area (Å²) in [5.74, 6) is -1.93. The van der Waals surface area contributed by atoms with Gasteiger partial charge in [0.05, 0.1) is 6.61 Å². The van der Waals surface area contributed by atoms with Crippen LogP contribution in [0.5, 0.6) is 0 Å². The Balaban J connectivity index is 0.00000361. The maximum absolute atomic E-state index is 13.3. The molecule has 0 aliphatic rings. The lowest BCUT2D eigenvalue weighted by molar-refractivity contribution is 0.199. The number of benzene rings is 1. The lowest BCUT2D eigenvalue weighted by Crippen LogP contribution is -2.33. The van der Waals surface area contributed by atoms with Gasteiger partial charge in [0.2, 0.25) is 10.0 Å². The van der Waals surface area contributed by atoms with Crippen molar-refractivity contribution in [2.24, 2.45) is 0 Å². The van der Waals surface area contributed by atoms with Crippen LogP contribution in [0.4, 0.5) is 8.78 Å². The molecule has 1 aromatic carbocycles. The van der Waals surface area contributed by atoms with Crippen LogP contribution in [0.15, 0.2) is 23.1 Å². The van der Waals surface area contributed by atoms with Crippen molar-refractivity contribution >= 4 is 22.4 Å². The summed E-state index contributed by atoms with van der Waals surface area (Å²) in [5.41, 5.74) is 0. The largest absolute Gasteiger partial charge is 0.383 e. The highest BCUT2D eigenvalue weighted by atomic mass is 35.5. The smallest absolute Gasteiger partial charge is 0.243 e. The van der Waals surface area contributed by atoms with Crippen LogP contribution in [0, 0.1) is 11.6 Å². The van der Waals surface area contributed by atoms with Crippen LogP contribution in [0.1, 0.15) is 0 Å². The summed E-state index contributed by atoms with van der Waals surface area (Å²) in [6.45, 7) is 1.58. The number of rotatable bonds is 8. The number of nitrogens with one attached hydrogen (secondary N) is 2. The summed E-state index contributed by atoms with van der Waals surface area (Å²) >= 11 is 0. The summed E-state index contributed by atoms with van der Waals surface area (Å²) in [6.07, 6.45) is 0. The van der Waals surface area contributed by atoms with Gasteiger partial charge in [-0.15, -0.1) is 12.4 Å². The highest BCUT2D eigenvalue weighted by molar-refractivity contribution is 7.89. The van der Waals surface area contributed by atoms with Gasteiger partial charge in [0.15, 0.2) is 0 Å². The van der Waals surface area contributed by atoms with E-state index in [1.54, 1.807) is 7.11 Å². The van der Waals surface area contributed by atoms with Crippen LogP contribution in [0.3, 0.4) is 0 Å². The summed E-state index contributed by atoms with van der Waals surface area (Å²) in [6, 6.07) is 2.32. The first-order valence-corrected chi connectivity index (χ1v) is 7.10. The number of methoxy groups -OCH3 is 1. The van der Waals surface area contributed by atoms with Crippen molar-refractivity contribution in [3.05, 3.63) is 29.8 Å². The molecule has 0 aromatic heterocycles. The molecule has 0 bridgehead atoms. The van der Waals surface area contributed by atoms with Gasteiger partial charge >= 0.3 is 0 Å². The van der Waals surface area contributed by atoms with E-state index in [0.29, 0.717) is 25.8 Å². The molecule has 0 spiro atoms. The Morgan fingerprint density at radius 2 is 1.90 bits per heavy atom. The van der Waals surface area contributed by atoms with Crippen molar-refractivity contribution < 1.29 is 21.9 Å². The number of halogens is 3. The van der Waals surface area contributed by atoms with Crippen LogP contribution in [-0.2, 0) is 14.8 Å². The molecular formula is C11H17ClF2N2O3S. The molecule has 2 N–H and O–H groups in total. The number of hydrogen-bond donors (Lipinski definition) is 2. The molecule has 116 valence electrons. The minimum absolute atomic E-state index is 0. The van der Waals surface area contributed by atoms with Gasteiger partial charge < -0.3 is 10.1 Å². The molecule has 0 atom stereocenters. The van der Waals surface area contributed by atoms with E-state index in [2.05, 4.69) is 10.0 Å². The lowest BCUT2D eigenvalue weighted by atomic mass is 10.3. The topological polar surface area (TPSA) is 67.4 Å². The fourth-order valence-corrected chi connectivity index (χ4v) is 2.43. The highest BCUT2D eigenvalue weighted by Gasteiger charge is 2.18. The lowest BCUT2D eigenvalue weighted by Gasteiger charge is -2.08. The second-order valence-corrected chi connectivity index (χ2v) is 5.45. The first-order chi connectivity index (χ1) is 8.97. The van der Waals surface area contributed by atoms with Crippen LogP contribution in [-0.4, -0.2) is 41.8 Å². The summed E-state index contributed by atoms with van der Waals surface area (Å²) < 4.78 is 56.5. The molecule has 0 aliphatic heterocycles. The molecule has 0 saturated heterocycles. The monoisotopic (exact) mass is 330 g/mol. The minimum atomic E-state index is -3.96. The summed E-state index contributed by atoms with van der Waals surface area (Å²) in [4.78, 5) is -0.564. The van der Waals surface area contributed by atoms with E-state index in [0.717, 1.165) is 12.1 Å². The average Bonchev–Trinajstić information content (AvgIpc) is 2.33. The molecule has 0 unspecified atom stereocenters. The van der Waals surface area contributed by atoms with E-state index >= 15 is 0 Å². The summed E-state index contributed by atoms with van der Waals surface area (Å²) in [5, 5.41) is 2.93. The van der Waals surface area contributed by atoms with Gasteiger partial charge in [-0.05, 0) is 12.1 Å². The minimum Gasteiger partial charge on any atom is -0.383 e. The maximum atomic E-state index is 13.3. The first kappa shape index (κ1) is 19.2. The van der Waals surface area contributed by atoms with Crippen molar-refractivity contribution in [1.29, 1.82) is 0 Å². The molecular weight excluding hydrogens is 314 g/mol. The third-order valence-corrected chi connectivity index (χ3v) is 3.75. The van der Waals surface area contributed by atoms with Gasteiger partial charge in [-0.2, -0.15) is 0 Å². The van der Waals surface area contributed by atoms with E-state index in [9.17, 15) is 17.2 Å². The zero-order valence-corrected chi connectivity index (χ0v) is 12.5. The van der Waals surface area contributed by atoms with Gasteiger partial charge in [0.1, 0.15) is 16.5 Å². The van der Waals surface area contributed by atoms with Crippen LogP contribution in [0.2, 0.25) is 0 Å². The Kier molecular flexibility index (Phi) is 8.83. The quantitative estimate of drug-likeness (QED) is 0.695. The normalized spacial score (nSPS) is 11.2. The molecule has 0 radical (unpaired) electrons. The van der Waals surface area contributed by atoms with Gasteiger partial charge in [-0.25, -0.2) is 21.9 Å².